The number of fused-ring (bicyclic) bond motifs is 3. The van der Waals surface area contributed by atoms with E-state index in [1.807, 2.05) is 39.4 Å². The summed E-state index contributed by atoms with van der Waals surface area (Å²) < 4.78 is 0. The van der Waals surface area contributed by atoms with Gasteiger partial charge in [0, 0.05) is 32.5 Å². The number of nitrogens with zero attached hydrogens (tertiary/aromatic N) is 4. The Hall–Kier alpha value is -3.13. The number of hydrogen-bond donors (Lipinski definition) is 1. The van der Waals surface area contributed by atoms with Crippen LogP contribution in [-0.4, -0.2) is 53.4 Å². The third-order valence-electron chi connectivity index (χ3n) is 6.51. The number of unbranched alkanes of at least 4 members (excludes halogenated alkanes) is 1. The first-order chi connectivity index (χ1) is 16.2. The van der Waals surface area contributed by atoms with Gasteiger partial charge >= 0.3 is 0 Å². The summed E-state index contributed by atoms with van der Waals surface area (Å²) in [5.41, 5.74) is 6.59. The van der Waals surface area contributed by atoms with Crippen molar-refractivity contribution in [2.75, 3.05) is 24.5 Å². The Balaban J connectivity index is 1.23. The van der Waals surface area contributed by atoms with E-state index in [1.165, 1.54) is 22.5 Å². The van der Waals surface area contributed by atoms with Gasteiger partial charge in [-0.2, -0.15) is 5.10 Å². The molecular weight excluding hydrogens is 434 g/mol. The van der Waals surface area contributed by atoms with Crippen LogP contribution in [0.1, 0.15) is 54.3 Å². The van der Waals surface area contributed by atoms with E-state index < -0.39 is 0 Å². The Bertz CT molecular complexity index is 1090. The second kappa shape index (κ2) is 9.39. The maximum atomic E-state index is 13.0. The third kappa shape index (κ3) is 4.15. The highest BCUT2D eigenvalue weighted by molar-refractivity contribution is 7.12. The van der Waals surface area contributed by atoms with Crippen molar-refractivity contribution in [2.24, 2.45) is 5.10 Å². The SMILES string of the molecule is CCCCN1C(=O)c2sccc2N2C(CCC(=O)N3CC=C(c4ccccc4)CC3)=NNC12. The molecule has 3 aliphatic heterocycles. The molecule has 1 aromatic heterocycles. The zero-order chi connectivity index (χ0) is 22.8. The van der Waals surface area contributed by atoms with Crippen LogP contribution in [0, 0.1) is 0 Å². The number of carbonyl (C=O) groups excluding carboxylic acids is 2. The minimum Gasteiger partial charge on any atom is -0.339 e. The van der Waals surface area contributed by atoms with E-state index in [1.54, 1.807) is 0 Å². The molecule has 2 amide bonds. The lowest BCUT2D eigenvalue weighted by molar-refractivity contribution is -0.130. The molecule has 0 fully saturated rings. The number of amides is 2. The Kier molecular flexibility index (Phi) is 6.17. The first kappa shape index (κ1) is 21.7. The molecule has 4 heterocycles. The number of rotatable bonds is 7. The normalized spacial score (nSPS) is 19.6. The van der Waals surface area contributed by atoms with Gasteiger partial charge in [-0.3, -0.25) is 24.8 Å². The maximum Gasteiger partial charge on any atom is 0.269 e. The van der Waals surface area contributed by atoms with Crippen molar-refractivity contribution in [1.82, 2.24) is 15.2 Å². The van der Waals surface area contributed by atoms with E-state index in [0.29, 0.717) is 25.9 Å². The Morgan fingerprint density at radius 2 is 2.09 bits per heavy atom. The van der Waals surface area contributed by atoms with Crippen LogP contribution in [0.4, 0.5) is 5.69 Å². The third-order valence-corrected chi connectivity index (χ3v) is 7.40. The highest BCUT2D eigenvalue weighted by Crippen LogP contribution is 2.37. The number of benzene rings is 1. The first-order valence-electron chi connectivity index (χ1n) is 11.7. The molecule has 33 heavy (non-hydrogen) atoms. The van der Waals surface area contributed by atoms with Crippen molar-refractivity contribution in [2.45, 2.75) is 45.3 Å². The Labute approximate surface area is 198 Å². The van der Waals surface area contributed by atoms with E-state index in [0.717, 1.165) is 42.2 Å². The summed E-state index contributed by atoms with van der Waals surface area (Å²) in [6, 6.07) is 12.3. The molecule has 172 valence electrons. The van der Waals surface area contributed by atoms with Crippen LogP contribution in [0.5, 0.6) is 0 Å². The fraction of sp³-hybridized carbons (Fsp3) is 0.400. The molecule has 2 aromatic rings. The van der Waals surface area contributed by atoms with Gasteiger partial charge in [0.25, 0.3) is 5.91 Å². The van der Waals surface area contributed by atoms with Crippen LogP contribution in [0.15, 0.2) is 53.0 Å². The van der Waals surface area contributed by atoms with E-state index >= 15 is 0 Å². The molecule has 7 nitrogen and oxygen atoms in total. The Morgan fingerprint density at radius 3 is 2.85 bits per heavy atom. The van der Waals surface area contributed by atoms with E-state index in [9.17, 15) is 9.59 Å². The largest absolute Gasteiger partial charge is 0.339 e. The average molecular weight is 464 g/mol. The molecule has 0 bridgehead atoms. The van der Waals surface area contributed by atoms with Crippen LogP contribution >= 0.6 is 11.3 Å². The molecule has 8 heteroatoms. The second-order valence-electron chi connectivity index (χ2n) is 8.57. The lowest BCUT2D eigenvalue weighted by atomic mass is 9.99. The fourth-order valence-corrected chi connectivity index (χ4v) is 5.51. The zero-order valence-corrected chi connectivity index (χ0v) is 19.7. The minimum atomic E-state index is -0.303. The van der Waals surface area contributed by atoms with Gasteiger partial charge in [-0.25, -0.2) is 0 Å². The molecule has 1 atom stereocenters. The summed E-state index contributed by atoms with van der Waals surface area (Å²) >= 11 is 1.47. The van der Waals surface area contributed by atoms with Gasteiger partial charge in [-0.1, -0.05) is 49.8 Å². The molecular formula is C25H29N5O2S. The Morgan fingerprint density at radius 1 is 1.24 bits per heavy atom. The maximum absolute atomic E-state index is 13.0. The quantitative estimate of drug-likeness (QED) is 0.671. The van der Waals surface area contributed by atoms with E-state index in [2.05, 4.69) is 40.6 Å². The van der Waals surface area contributed by atoms with Gasteiger partial charge in [0.1, 0.15) is 10.7 Å². The molecule has 0 radical (unpaired) electrons. The molecule has 0 saturated heterocycles. The standard InChI is InChI=1S/C25H29N5O2S/c1-2-3-14-29-24(32)23-20(13-17-33-23)30-21(26-27-25(29)30)9-10-22(31)28-15-11-19(12-16-28)18-7-5-4-6-8-18/h4-8,11,13,17,25,27H,2-3,9-10,12,14-16H2,1H3. The molecule has 1 unspecified atom stereocenters. The molecule has 0 spiro atoms. The van der Waals surface area contributed by atoms with Gasteiger partial charge in [0.05, 0.1) is 5.69 Å². The molecule has 3 aliphatic rings. The lowest BCUT2D eigenvalue weighted by Gasteiger charge is -2.39. The van der Waals surface area contributed by atoms with Crippen molar-refractivity contribution >= 4 is 40.2 Å². The monoisotopic (exact) mass is 463 g/mol. The lowest BCUT2D eigenvalue weighted by Crippen LogP contribution is -2.58. The molecule has 5 rings (SSSR count). The van der Waals surface area contributed by atoms with Crippen LogP contribution in [0.25, 0.3) is 5.57 Å². The van der Waals surface area contributed by atoms with Crippen LogP contribution < -0.4 is 10.3 Å². The van der Waals surface area contributed by atoms with Crippen LogP contribution in [0.3, 0.4) is 0 Å². The summed E-state index contributed by atoms with van der Waals surface area (Å²) in [6.45, 7) is 4.20. The zero-order valence-electron chi connectivity index (χ0n) is 18.9. The number of hydrogen-bond acceptors (Lipinski definition) is 6. The smallest absolute Gasteiger partial charge is 0.269 e. The van der Waals surface area contributed by atoms with Crippen molar-refractivity contribution in [3.05, 3.63) is 58.3 Å². The van der Waals surface area contributed by atoms with Gasteiger partial charge in [-0.05, 0) is 35.4 Å². The number of carbonyl (C=O) groups is 2. The van der Waals surface area contributed by atoms with Crippen molar-refractivity contribution in [3.63, 3.8) is 0 Å². The topological polar surface area (TPSA) is 68.2 Å². The fourth-order valence-electron chi connectivity index (χ4n) is 4.67. The van der Waals surface area contributed by atoms with E-state index in [4.69, 9.17) is 0 Å². The van der Waals surface area contributed by atoms with Gasteiger partial charge in [-0.15, -0.1) is 11.3 Å². The van der Waals surface area contributed by atoms with Crippen molar-refractivity contribution in [1.29, 1.82) is 0 Å². The average Bonchev–Trinajstić information content (AvgIpc) is 3.50. The first-order valence-corrected chi connectivity index (χ1v) is 12.6. The molecule has 1 N–H and O–H groups in total. The van der Waals surface area contributed by atoms with E-state index in [-0.39, 0.29) is 18.1 Å². The molecule has 0 aliphatic carbocycles. The predicted molar refractivity (Wildman–Crippen MR) is 132 cm³/mol. The van der Waals surface area contributed by atoms with Crippen molar-refractivity contribution in [3.8, 4) is 0 Å². The number of hydrazone groups is 1. The number of anilines is 1. The summed E-state index contributed by atoms with van der Waals surface area (Å²) in [4.78, 5) is 32.6. The van der Waals surface area contributed by atoms with Gasteiger partial charge in [0.2, 0.25) is 12.2 Å². The predicted octanol–water partition coefficient (Wildman–Crippen LogP) is 4.11. The summed E-state index contributed by atoms with van der Waals surface area (Å²) in [6.07, 6.45) is 5.65. The number of nitrogens with one attached hydrogen (secondary N) is 1. The summed E-state index contributed by atoms with van der Waals surface area (Å²) in [5.74, 6) is 1.02. The highest BCUT2D eigenvalue weighted by atomic mass is 32.1. The molecule has 0 saturated carbocycles. The summed E-state index contributed by atoms with van der Waals surface area (Å²) in [7, 11) is 0. The minimum absolute atomic E-state index is 0.0593. The van der Waals surface area contributed by atoms with Crippen LogP contribution in [0.2, 0.25) is 0 Å². The second-order valence-corrected chi connectivity index (χ2v) is 9.49. The summed E-state index contributed by atoms with van der Waals surface area (Å²) in [5, 5.41) is 6.49. The molecule has 1 aromatic carbocycles. The number of thiophene rings is 1. The highest BCUT2D eigenvalue weighted by Gasteiger charge is 2.43. The number of amidine groups is 1. The van der Waals surface area contributed by atoms with Gasteiger partial charge < -0.3 is 4.90 Å². The van der Waals surface area contributed by atoms with Crippen molar-refractivity contribution < 1.29 is 9.59 Å². The van der Waals surface area contributed by atoms with Crippen LogP contribution in [-0.2, 0) is 4.79 Å². The van der Waals surface area contributed by atoms with Gasteiger partial charge in [0.15, 0.2) is 0 Å².